The molecule has 2 heterocycles. The van der Waals surface area contributed by atoms with Crippen molar-refractivity contribution in [2.45, 2.75) is 19.3 Å². The second-order valence-corrected chi connectivity index (χ2v) is 5.65. The van der Waals surface area contributed by atoms with Gasteiger partial charge in [0.2, 0.25) is 0 Å². The van der Waals surface area contributed by atoms with Crippen molar-refractivity contribution >= 4 is 16.9 Å². The van der Waals surface area contributed by atoms with Crippen LogP contribution in [0.4, 0.5) is 0 Å². The second kappa shape index (κ2) is 5.29. The topological polar surface area (TPSA) is 54.3 Å². The van der Waals surface area contributed by atoms with Gasteiger partial charge >= 0.3 is 5.97 Å². The van der Waals surface area contributed by atoms with Crippen molar-refractivity contribution in [1.82, 2.24) is 9.88 Å². The van der Waals surface area contributed by atoms with Crippen LogP contribution < -0.4 is 5.32 Å². The number of rotatable bonds is 3. The molecule has 0 amide bonds. The molecule has 4 heteroatoms. The molecule has 0 unspecified atom stereocenters. The average Bonchev–Trinajstić information content (AvgIpc) is 2.79. The van der Waals surface area contributed by atoms with Gasteiger partial charge in [0.05, 0.1) is 5.52 Å². The van der Waals surface area contributed by atoms with Crippen molar-refractivity contribution in [2.24, 2.45) is 13.0 Å². The van der Waals surface area contributed by atoms with Crippen molar-refractivity contribution in [3.05, 3.63) is 35.5 Å². The van der Waals surface area contributed by atoms with Crippen LogP contribution in [0, 0.1) is 5.92 Å². The van der Waals surface area contributed by atoms with E-state index in [1.54, 1.807) is 6.07 Å². The van der Waals surface area contributed by atoms with Crippen LogP contribution in [0.15, 0.2) is 24.3 Å². The van der Waals surface area contributed by atoms with Gasteiger partial charge in [-0.15, -0.1) is 0 Å². The molecule has 1 aliphatic heterocycles. The number of nitrogens with zero attached hydrogens (tertiary/aromatic N) is 1. The van der Waals surface area contributed by atoms with Gasteiger partial charge in [-0.2, -0.15) is 0 Å². The molecule has 106 valence electrons. The predicted octanol–water partition coefficient (Wildman–Crippen LogP) is 2.42. The van der Waals surface area contributed by atoms with E-state index in [9.17, 15) is 9.90 Å². The van der Waals surface area contributed by atoms with Gasteiger partial charge in [-0.05, 0) is 49.9 Å². The van der Waals surface area contributed by atoms with E-state index in [0.29, 0.717) is 11.6 Å². The van der Waals surface area contributed by atoms with Crippen molar-refractivity contribution in [3.63, 3.8) is 0 Å². The number of aryl methyl sites for hydroxylation is 1. The Morgan fingerprint density at radius 2 is 2.15 bits per heavy atom. The number of nitrogens with one attached hydrogen (secondary N) is 1. The van der Waals surface area contributed by atoms with E-state index in [2.05, 4.69) is 11.4 Å². The highest BCUT2D eigenvalue weighted by Gasteiger charge is 2.18. The quantitative estimate of drug-likeness (QED) is 0.902. The first kappa shape index (κ1) is 13.2. The molecule has 1 aromatic heterocycles. The molecule has 1 fully saturated rings. The molecule has 0 spiro atoms. The molecular weight excluding hydrogens is 252 g/mol. The Balaban J connectivity index is 1.99. The van der Waals surface area contributed by atoms with Crippen LogP contribution in [-0.4, -0.2) is 28.7 Å². The number of aromatic carboxylic acids is 1. The number of aromatic nitrogens is 1. The van der Waals surface area contributed by atoms with E-state index < -0.39 is 5.97 Å². The first-order valence-corrected chi connectivity index (χ1v) is 7.18. The SMILES string of the molecule is Cn1c(C(=O)O)cc2cccc(CC3CCNCC3)c21. The lowest BCUT2D eigenvalue weighted by Crippen LogP contribution is -2.28. The van der Waals surface area contributed by atoms with E-state index in [0.717, 1.165) is 30.4 Å². The molecular formula is C16H20N2O2. The number of carboxylic acid groups (broad SMARTS) is 1. The van der Waals surface area contributed by atoms with Gasteiger partial charge in [0.15, 0.2) is 0 Å². The summed E-state index contributed by atoms with van der Waals surface area (Å²) in [6, 6.07) is 7.93. The maximum Gasteiger partial charge on any atom is 0.352 e. The molecule has 1 aliphatic rings. The highest BCUT2D eigenvalue weighted by molar-refractivity contribution is 5.95. The molecule has 0 saturated carbocycles. The number of para-hydroxylation sites is 1. The third kappa shape index (κ3) is 2.31. The van der Waals surface area contributed by atoms with E-state index >= 15 is 0 Å². The average molecular weight is 272 g/mol. The fourth-order valence-corrected chi connectivity index (χ4v) is 3.27. The maximum absolute atomic E-state index is 11.3. The lowest BCUT2D eigenvalue weighted by molar-refractivity contribution is 0.0687. The molecule has 2 N–H and O–H groups in total. The third-order valence-electron chi connectivity index (χ3n) is 4.33. The lowest BCUT2D eigenvalue weighted by atomic mass is 9.90. The fraction of sp³-hybridized carbons (Fsp3) is 0.438. The first-order valence-electron chi connectivity index (χ1n) is 7.18. The molecule has 20 heavy (non-hydrogen) atoms. The minimum absolute atomic E-state index is 0.359. The van der Waals surface area contributed by atoms with Gasteiger partial charge in [-0.1, -0.05) is 18.2 Å². The fourth-order valence-electron chi connectivity index (χ4n) is 3.27. The first-order chi connectivity index (χ1) is 9.66. The summed E-state index contributed by atoms with van der Waals surface area (Å²) in [5.74, 6) is -0.165. The highest BCUT2D eigenvalue weighted by Crippen LogP contribution is 2.27. The number of benzene rings is 1. The zero-order valence-corrected chi connectivity index (χ0v) is 11.7. The highest BCUT2D eigenvalue weighted by atomic mass is 16.4. The van der Waals surface area contributed by atoms with Gasteiger partial charge in [0.25, 0.3) is 0 Å². The maximum atomic E-state index is 11.3. The van der Waals surface area contributed by atoms with E-state index in [1.165, 1.54) is 18.4 Å². The largest absolute Gasteiger partial charge is 0.477 e. The number of carboxylic acids is 1. The summed E-state index contributed by atoms with van der Waals surface area (Å²) >= 11 is 0. The molecule has 3 rings (SSSR count). The summed E-state index contributed by atoms with van der Waals surface area (Å²) in [5.41, 5.74) is 2.70. The molecule has 0 bridgehead atoms. The molecule has 1 aromatic carbocycles. The number of piperidine rings is 1. The normalized spacial score (nSPS) is 16.6. The summed E-state index contributed by atoms with van der Waals surface area (Å²) in [4.78, 5) is 11.3. The van der Waals surface area contributed by atoms with Crippen LogP contribution in [0.25, 0.3) is 10.9 Å². The molecule has 0 radical (unpaired) electrons. The smallest absolute Gasteiger partial charge is 0.352 e. The van der Waals surface area contributed by atoms with Crippen molar-refractivity contribution in [1.29, 1.82) is 0 Å². The van der Waals surface area contributed by atoms with E-state index in [4.69, 9.17) is 0 Å². The zero-order valence-electron chi connectivity index (χ0n) is 11.7. The number of carbonyl (C=O) groups is 1. The third-order valence-corrected chi connectivity index (χ3v) is 4.33. The summed E-state index contributed by atoms with van der Waals surface area (Å²) in [6.07, 6.45) is 3.44. The number of fused-ring (bicyclic) bond motifs is 1. The van der Waals surface area contributed by atoms with Crippen molar-refractivity contribution < 1.29 is 9.90 Å². The minimum atomic E-state index is -0.864. The Hall–Kier alpha value is -1.81. The number of hydrogen-bond acceptors (Lipinski definition) is 2. The Kier molecular flexibility index (Phi) is 3.49. The Labute approximate surface area is 118 Å². The zero-order chi connectivity index (χ0) is 14.1. The monoisotopic (exact) mass is 272 g/mol. The van der Waals surface area contributed by atoms with Gasteiger partial charge in [0.1, 0.15) is 5.69 Å². The molecule has 1 saturated heterocycles. The Morgan fingerprint density at radius 3 is 2.85 bits per heavy atom. The van der Waals surface area contributed by atoms with Gasteiger partial charge in [-0.3, -0.25) is 0 Å². The van der Waals surface area contributed by atoms with Crippen LogP contribution in [-0.2, 0) is 13.5 Å². The summed E-state index contributed by atoms with van der Waals surface area (Å²) in [7, 11) is 1.84. The molecule has 0 atom stereocenters. The minimum Gasteiger partial charge on any atom is -0.477 e. The van der Waals surface area contributed by atoms with Crippen LogP contribution in [0.1, 0.15) is 28.9 Å². The standard InChI is InChI=1S/C16H20N2O2/c1-18-14(16(19)20)10-13-4-2-3-12(15(13)18)9-11-5-7-17-8-6-11/h2-4,10-11,17H,5-9H2,1H3,(H,19,20). The lowest BCUT2D eigenvalue weighted by Gasteiger charge is -2.23. The summed E-state index contributed by atoms with van der Waals surface area (Å²) in [5, 5.41) is 13.7. The van der Waals surface area contributed by atoms with Gasteiger partial charge in [0, 0.05) is 12.4 Å². The Bertz CT molecular complexity index is 639. The predicted molar refractivity (Wildman–Crippen MR) is 79.2 cm³/mol. The van der Waals surface area contributed by atoms with Crippen LogP contribution in [0.5, 0.6) is 0 Å². The Morgan fingerprint density at radius 1 is 1.40 bits per heavy atom. The van der Waals surface area contributed by atoms with E-state index in [1.807, 2.05) is 23.7 Å². The van der Waals surface area contributed by atoms with E-state index in [-0.39, 0.29) is 0 Å². The van der Waals surface area contributed by atoms with Gasteiger partial charge in [-0.25, -0.2) is 4.79 Å². The molecule has 2 aromatic rings. The van der Waals surface area contributed by atoms with Crippen LogP contribution in [0.3, 0.4) is 0 Å². The van der Waals surface area contributed by atoms with Crippen molar-refractivity contribution in [3.8, 4) is 0 Å². The van der Waals surface area contributed by atoms with Crippen LogP contribution >= 0.6 is 0 Å². The van der Waals surface area contributed by atoms with Crippen molar-refractivity contribution in [2.75, 3.05) is 13.1 Å². The second-order valence-electron chi connectivity index (χ2n) is 5.65. The molecule has 0 aliphatic carbocycles. The summed E-state index contributed by atoms with van der Waals surface area (Å²) < 4.78 is 1.81. The summed E-state index contributed by atoms with van der Waals surface area (Å²) in [6.45, 7) is 2.18. The van der Waals surface area contributed by atoms with Crippen LogP contribution in [0.2, 0.25) is 0 Å². The molecule has 4 nitrogen and oxygen atoms in total. The van der Waals surface area contributed by atoms with Gasteiger partial charge < -0.3 is 15.0 Å². The number of hydrogen-bond donors (Lipinski definition) is 2.